The van der Waals surface area contributed by atoms with E-state index in [1.54, 1.807) is 80.8 Å². The molecule has 2 aromatic heterocycles. The molecule has 2 amide bonds. The van der Waals surface area contributed by atoms with Crippen molar-refractivity contribution >= 4 is 40.2 Å². The summed E-state index contributed by atoms with van der Waals surface area (Å²) < 4.78 is 2.41. The number of hydrogen-bond donors (Lipinski definition) is 2. The molecule has 1 aliphatic rings. The molecule has 3 N–H and O–H groups in total. The van der Waals surface area contributed by atoms with Crippen molar-refractivity contribution in [2.75, 3.05) is 36.6 Å². The number of benzene rings is 3. The van der Waals surface area contributed by atoms with Gasteiger partial charge in [0, 0.05) is 42.9 Å². The van der Waals surface area contributed by atoms with E-state index in [9.17, 15) is 19.6 Å². The number of nitrogens with one attached hydrogen (secondary N) is 1. The zero-order chi connectivity index (χ0) is 31.7. The molecule has 1 unspecified atom stereocenters. The Morgan fingerprint density at radius 1 is 1.02 bits per heavy atom. The lowest BCUT2D eigenvalue weighted by Gasteiger charge is -2.38. The number of rotatable bonds is 9. The summed E-state index contributed by atoms with van der Waals surface area (Å²) in [6.07, 6.45) is 6.13. The van der Waals surface area contributed by atoms with Gasteiger partial charge in [-0.2, -0.15) is 0 Å². The molecule has 12 heteroatoms. The number of anilines is 3. The van der Waals surface area contributed by atoms with Crippen molar-refractivity contribution in [1.82, 2.24) is 19.1 Å². The van der Waals surface area contributed by atoms with Gasteiger partial charge in [-0.25, -0.2) is 19.3 Å². The number of hydroxylamine groups is 3. The minimum Gasteiger partial charge on any atom is -0.633 e. The van der Waals surface area contributed by atoms with E-state index in [2.05, 4.69) is 15.3 Å². The average Bonchev–Trinajstić information content (AvgIpc) is 3.86. The molecule has 1 aliphatic carbocycles. The summed E-state index contributed by atoms with van der Waals surface area (Å²) in [6, 6.07) is 22.7. The van der Waals surface area contributed by atoms with Crippen LogP contribution < -0.4 is 21.6 Å². The van der Waals surface area contributed by atoms with Gasteiger partial charge in [0.05, 0.1) is 31.0 Å². The molecule has 0 saturated heterocycles. The first kappa shape index (κ1) is 29.5. The van der Waals surface area contributed by atoms with Crippen molar-refractivity contribution in [3.63, 3.8) is 0 Å². The highest BCUT2D eigenvalue weighted by Gasteiger charge is 2.34. The van der Waals surface area contributed by atoms with E-state index in [0.29, 0.717) is 33.8 Å². The lowest BCUT2D eigenvalue weighted by Crippen LogP contribution is -2.40. The molecule has 12 nitrogen and oxygen atoms in total. The lowest BCUT2D eigenvalue weighted by molar-refractivity contribution is -0.865. The fraction of sp³-hybridized carbons (Fsp3) is 0.182. The Labute approximate surface area is 258 Å². The fourth-order valence-corrected chi connectivity index (χ4v) is 5.22. The summed E-state index contributed by atoms with van der Waals surface area (Å²) in [5.41, 5.74) is 8.91. The number of para-hydroxylation sites is 1. The van der Waals surface area contributed by atoms with E-state index in [1.807, 2.05) is 18.2 Å². The minimum absolute atomic E-state index is 0.102. The number of amides is 2. The second-order valence-electron chi connectivity index (χ2n) is 11.2. The number of aromatic nitrogens is 4. The van der Waals surface area contributed by atoms with Gasteiger partial charge < -0.3 is 25.8 Å². The second kappa shape index (κ2) is 11.8. The molecule has 6 rings (SSSR count). The molecule has 0 radical (unpaired) electrons. The maximum atomic E-state index is 14.0. The Bertz CT molecular complexity index is 1980. The number of carbonyl (C=O) groups is 2. The van der Waals surface area contributed by atoms with E-state index < -0.39 is 5.69 Å². The SMILES string of the molecule is CN(C(=O)/C=C/C[N+](C)([O-])C1CC1)c1cccc(-n2c(=O)n(-c3ccc(C(=O)Nc4ccccc4)cc3)c3c(N)ncnc32)c1. The van der Waals surface area contributed by atoms with Gasteiger partial charge in [-0.3, -0.25) is 14.2 Å². The quantitative estimate of drug-likeness (QED) is 0.146. The van der Waals surface area contributed by atoms with Crippen LogP contribution in [0.1, 0.15) is 23.2 Å². The van der Waals surface area contributed by atoms with Gasteiger partial charge in [0.2, 0.25) is 0 Å². The van der Waals surface area contributed by atoms with E-state index in [4.69, 9.17) is 5.73 Å². The van der Waals surface area contributed by atoms with E-state index in [0.717, 1.165) is 12.8 Å². The van der Waals surface area contributed by atoms with Gasteiger partial charge in [-0.15, -0.1) is 0 Å². The maximum absolute atomic E-state index is 14.0. The molecule has 45 heavy (non-hydrogen) atoms. The first-order valence-corrected chi connectivity index (χ1v) is 14.5. The molecule has 228 valence electrons. The third-order valence-corrected chi connectivity index (χ3v) is 7.92. The summed E-state index contributed by atoms with van der Waals surface area (Å²) in [4.78, 5) is 49.7. The monoisotopic (exact) mass is 604 g/mol. The number of quaternary nitrogens is 1. The van der Waals surface area contributed by atoms with Crippen LogP contribution in [0.3, 0.4) is 0 Å². The van der Waals surface area contributed by atoms with Gasteiger partial charge in [0.15, 0.2) is 11.5 Å². The largest absolute Gasteiger partial charge is 0.633 e. The zero-order valence-corrected chi connectivity index (χ0v) is 24.8. The summed E-state index contributed by atoms with van der Waals surface area (Å²) >= 11 is 0. The zero-order valence-electron chi connectivity index (χ0n) is 24.8. The molecule has 0 bridgehead atoms. The first-order chi connectivity index (χ1) is 21.6. The molecular formula is C33H32N8O4. The fourth-order valence-electron chi connectivity index (χ4n) is 5.22. The number of imidazole rings is 1. The van der Waals surface area contributed by atoms with Crippen LogP contribution in [0.5, 0.6) is 0 Å². The van der Waals surface area contributed by atoms with E-state index in [1.165, 1.54) is 26.4 Å². The smallest absolute Gasteiger partial charge is 0.339 e. The van der Waals surface area contributed by atoms with Crippen molar-refractivity contribution in [3.8, 4) is 11.4 Å². The van der Waals surface area contributed by atoms with Crippen LogP contribution in [0.25, 0.3) is 22.5 Å². The van der Waals surface area contributed by atoms with Crippen molar-refractivity contribution < 1.29 is 14.2 Å². The van der Waals surface area contributed by atoms with Crippen LogP contribution in [0, 0.1) is 5.21 Å². The Hall–Kier alpha value is -5.59. The van der Waals surface area contributed by atoms with Crippen LogP contribution >= 0.6 is 0 Å². The Kier molecular flexibility index (Phi) is 7.75. The van der Waals surface area contributed by atoms with Crippen molar-refractivity contribution in [2.45, 2.75) is 18.9 Å². The van der Waals surface area contributed by atoms with Crippen molar-refractivity contribution in [1.29, 1.82) is 0 Å². The van der Waals surface area contributed by atoms with Gasteiger partial charge in [-0.1, -0.05) is 24.3 Å². The van der Waals surface area contributed by atoms with Crippen LogP contribution in [0.4, 0.5) is 17.2 Å². The molecule has 5 aromatic rings. The lowest BCUT2D eigenvalue weighted by atomic mass is 10.2. The second-order valence-corrected chi connectivity index (χ2v) is 11.2. The highest BCUT2D eigenvalue weighted by molar-refractivity contribution is 6.04. The molecule has 1 atom stereocenters. The predicted octanol–water partition coefficient (Wildman–Crippen LogP) is 4.03. The number of hydrogen-bond acceptors (Lipinski definition) is 7. The number of nitrogen functional groups attached to an aromatic ring is 1. The Balaban J connectivity index is 1.31. The van der Waals surface area contributed by atoms with Gasteiger partial charge in [0.1, 0.15) is 11.8 Å². The highest BCUT2D eigenvalue weighted by Crippen LogP contribution is 2.31. The molecule has 1 fully saturated rings. The molecular weight excluding hydrogens is 572 g/mol. The Morgan fingerprint density at radius 2 is 1.76 bits per heavy atom. The predicted molar refractivity (Wildman–Crippen MR) is 173 cm³/mol. The summed E-state index contributed by atoms with van der Waals surface area (Å²) in [5.74, 6) is -0.495. The summed E-state index contributed by atoms with van der Waals surface area (Å²) in [5, 5.41) is 15.4. The van der Waals surface area contributed by atoms with Crippen molar-refractivity contribution in [2.24, 2.45) is 0 Å². The molecule has 1 saturated carbocycles. The van der Waals surface area contributed by atoms with Gasteiger partial charge >= 0.3 is 5.69 Å². The maximum Gasteiger partial charge on any atom is 0.339 e. The van der Waals surface area contributed by atoms with E-state index in [-0.39, 0.29) is 40.5 Å². The van der Waals surface area contributed by atoms with E-state index >= 15 is 0 Å². The van der Waals surface area contributed by atoms with Gasteiger partial charge in [0.25, 0.3) is 11.8 Å². The summed E-state index contributed by atoms with van der Waals surface area (Å²) in [7, 11) is 3.25. The number of carbonyl (C=O) groups excluding carboxylic acids is 2. The van der Waals surface area contributed by atoms with Crippen molar-refractivity contribution in [3.05, 3.63) is 119 Å². The molecule has 0 aliphatic heterocycles. The third-order valence-electron chi connectivity index (χ3n) is 7.92. The topological polar surface area (TPSA) is 151 Å². The summed E-state index contributed by atoms with van der Waals surface area (Å²) in [6.45, 7) is 0.221. The molecule has 2 heterocycles. The Morgan fingerprint density at radius 3 is 2.47 bits per heavy atom. The highest BCUT2D eigenvalue weighted by atomic mass is 16.5. The molecule has 3 aromatic carbocycles. The first-order valence-electron chi connectivity index (χ1n) is 14.5. The standard InChI is InChI=1S/C33H32N8O4/c1-38(28(42)12-7-19-41(2,45)27-17-18-27)25-10-6-11-26(20-25)40-31-29(30(34)35-21-36-31)39(33(40)44)24-15-13-22(14-16-24)32(43)37-23-8-4-3-5-9-23/h3-16,20-21,27H,17-19H2,1-2H3,(H,37,43)(H2,34,35,36)/b12-7+. The third kappa shape index (κ3) is 5.96. The number of nitrogens with two attached hydrogens (primary N) is 1. The number of nitrogens with zero attached hydrogens (tertiary/aromatic N) is 6. The van der Waals surface area contributed by atoms with Crippen LogP contribution in [-0.2, 0) is 4.79 Å². The average molecular weight is 605 g/mol. The normalized spacial score (nSPS) is 14.4. The van der Waals surface area contributed by atoms with Crippen LogP contribution in [0.15, 0.2) is 102 Å². The number of likely N-dealkylation sites (N-methyl/N-ethyl adjacent to an activating group) is 2. The van der Waals surface area contributed by atoms with Crippen LogP contribution in [-0.4, -0.2) is 62.2 Å². The van der Waals surface area contributed by atoms with Crippen LogP contribution in [0.2, 0.25) is 0 Å². The van der Waals surface area contributed by atoms with Gasteiger partial charge in [-0.05, 0) is 60.7 Å². The number of fused-ring (bicyclic) bond motifs is 1. The molecule has 0 spiro atoms. The minimum atomic E-state index is -0.461.